The van der Waals surface area contributed by atoms with Gasteiger partial charge in [0.1, 0.15) is 6.04 Å². The van der Waals surface area contributed by atoms with Crippen LogP contribution in [0.2, 0.25) is 0 Å². The Hall–Kier alpha value is -2.69. The summed E-state index contributed by atoms with van der Waals surface area (Å²) in [7, 11) is 0. The highest BCUT2D eigenvalue weighted by atomic mass is 16.4. The average Bonchev–Trinajstić information content (AvgIpc) is 2.54. The highest BCUT2D eigenvalue weighted by Gasteiger charge is 2.21. The van der Waals surface area contributed by atoms with Gasteiger partial charge in [-0.25, -0.2) is 4.79 Å². The summed E-state index contributed by atoms with van der Waals surface area (Å²) >= 11 is 0. The lowest BCUT2D eigenvalue weighted by Gasteiger charge is -2.16. The average molecular weight is 359 g/mol. The molecule has 0 aromatic rings. The second kappa shape index (κ2) is 11.8. The Labute approximate surface area is 145 Å². The highest BCUT2D eigenvalue weighted by Crippen LogP contribution is 2.04. The Morgan fingerprint density at radius 2 is 1.28 bits per heavy atom. The number of carboxylic acid groups (broad SMARTS) is 1. The van der Waals surface area contributed by atoms with Crippen LogP contribution in [-0.2, 0) is 24.0 Å². The molecule has 1 atom stereocenters. The third kappa shape index (κ3) is 11.5. The van der Waals surface area contributed by atoms with E-state index in [0.29, 0.717) is 0 Å². The van der Waals surface area contributed by atoms with Gasteiger partial charge in [0.2, 0.25) is 23.6 Å². The van der Waals surface area contributed by atoms with Gasteiger partial charge in [-0.05, 0) is 12.3 Å². The number of carbonyl (C=O) groups is 5. The number of aliphatic carboxylic acids is 1. The molecule has 0 saturated heterocycles. The number of rotatable bonds is 11. The summed E-state index contributed by atoms with van der Waals surface area (Å²) in [5, 5.41) is 18.0. The quantitative estimate of drug-likeness (QED) is 0.226. The number of hydrogen-bond acceptors (Lipinski definition) is 6. The zero-order valence-electron chi connectivity index (χ0n) is 14.3. The van der Waals surface area contributed by atoms with Crippen LogP contribution in [0.1, 0.15) is 20.3 Å². The summed E-state index contributed by atoms with van der Waals surface area (Å²) in [4.78, 5) is 56.4. The van der Waals surface area contributed by atoms with E-state index in [-0.39, 0.29) is 32.0 Å². The molecular formula is C14H25N5O6. The van der Waals surface area contributed by atoms with E-state index in [1.165, 1.54) is 0 Å². The molecule has 11 heteroatoms. The van der Waals surface area contributed by atoms with Gasteiger partial charge < -0.3 is 32.1 Å². The maximum atomic E-state index is 11.7. The van der Waals surface area contributed by atoms with Gasteiger partial charge >= 0.3 is 5.97 Å². The maximum absolute atomic E-state index is 11.7. The van der Waals surface area contributed by atoms with Crippen molar-refractivity contribution < 1.29 is 29.1 Å². The van der Waals surface area contributed by atoms with Crippen LogP contribution in [0.3, 0.4) is 0 Å². The third-order valence-electron chi connectivity index (χ3n) is 2.86. The third-order valence-corrected chi connectivity index (χ3v) is 2.86. The fourth-order valence-corrected chi connectivity index (χ4v) is 1.67. The van der Waals surface area contributed by atoms with E-state index < -0.39 is 42.2 Å². The van der Waals surface area contributed by atoms with Crippen LogP contribution in [0, 0.1) is 5.92 Å². The molecule has 0 aliphatic rings. The molecular weight excluding hydrogens is 334 g/mol. The Morgan fingerprint density at radius 3 is 1.68 bits per heavy atom. The van der Waals surface area contributed by atoms with Gasteiger partial charge in [-0.3, -0.25) is 19.2 Å². The first-order valence-corrected chi connectivity index (χ1v) is 7.68. The van der Waals surface area contributed by atoms with E-state index >= 15 is 0 Å². The van der Waals surface area contributed by atoms with Gasteiger partial charge in [-0.2, -0.15) is 0 Å². The Balaban J connectivity index is 4.07. The van der Waals surface area contributed by atoms with Gasteiger partial charge in [-0.1, -0.05) is 13.8 Å². The van der Waals surface area contributed by atoms with Crippen molar-refractivity contribution in [2.24, 2.45) is 11.7 Å². The predicted octanol–water partition coefficient (Wildman–Crippen LogP) is -3.09. The minimum atomic E-state index is -1.15. The molecule has 0 aliphatic carbocycles. The van der Waals surface area contributed by atoms with Gasteiger partial charge in [-0.15, -0.1) is 0 Å². The summed E-state index contributed by atoms with van der Waals surface area (Å²) < 4.78 is 0. The maximum Gasteiger partial charge on any atom is 0.326 e. The van der Waals surface area contributed by atoms with Crippen LogP contribution < -0.4 is 27.0 Å². The number of carbonyl (C=O) groups excluding carboxylic acids is 4. The lowest BCUT2D eigenvalue weighted by molar-refractivity contribution is -0.142. The second-order valence-electron chi connectivity index (χ2n) is 5.62. The molecule has 0 aliphatic heterocycles. The summed E-state index contributed by atoms with van der Waals surface area (Å²) in [6, 6.07) is -1.03. The molecule has 0 radical (unpaired) electrons. The lowest BCUT2D eigenvalue weighted by atomic mass is 10.0. The standard InChI is InChI=1S/C14H25N5O6/c1-8(2)3-9(14(24)25)19-13(23)7-18-12(22)6-17-11(21)5-16-10(20)4-15/h8-9H,3-7,15H2,1-2H3,(H,16,20)(H,17,21)(H,18,22)(H,19,23)(H,24,25)/t9-/m0/s1. The van der Waals surface area contributed by atoms with Gasteiger partial charge in [0.05, 0.1) is 26.2 Å². The van der Waals surface area contributed by atoms with Crippen molar-refractivity contribution >= 4 is 29.6 Å². The summed E-state index contributed by atoms with van der Waals surface area (Å²) in [6.07, 6.45) is 0.263. The molecule has 0 saturated carbocycles. The first-order valence-electron chi connectivity index (χ1n) is 7.68. The number of hydrogen-bond donors (Lipinski definition) is 6. The van der Waals surface area contributed by atoms with Crippen molar-refractivity contribution in [1.82, 2.24) is 21.3 Å². The van der Waals surface area contributed by atoms with E-state index in [2.05, 4.69) is 21.3 Å². The lowest BCUT2D eigenvalue weighted by Crippen LogP contribution is -2.48. The minimum Gasteiger partial charge on any atom is -0.480 e. The monoisotopic (exact) mass is 359 g/mol. The van der Waals surface area contributed by atoms with Gasteiger partial charge in [0, 0.05) is 0 Å². The summed E-state index contributed by atoms with van der Waals surface area (Å²) in [5.74, 6) is -3.46. The molecule has 0 unspecified atom stereocenters. The van der Waals surface area contributed by atoms with Crippen molar-refractivity contribution in [2.75, 3.05) is 26.2 Å². The summed E-state index contributed by atoms with van der Waals surface area (Å²) in [6.45, 7) is 2.26. The molecule has 142 valence electrons. The number of nitrogens with one attached hydrogen (secondary N) is 4. The highest BCUT2D eigenvalue weighted by molar-refractivity contribution is 5.91. The molecule has 0 fully saturated rings. The fraction of sp³-hybridized carbons (Fsp3) is 0.643. The van der Waals surface area contributed by atoms with Crippen LogP contribution in [0.4, 0.5) is 0 Å². The number of amides is 4. The smallest absolute Gasteiger partial charge is 0.326 e. The van der Waals surface area contributed by atoms with E-state index in [1.54, 1.807) is 0 Å². The second-order valence-corrected chi connectivity index (χ2v) is 5.62. The Kier molecular flexibility index (Phi) is 10.5. The first-order chi connectivity index (χ1) is 11.6. The summed E-state index contributed by atoms with van der Waals surface area (Å²) in [5.41, 5.74) is 5.05. The molecule has 0 aromatic carbocycles. The van der Waals surface area contributed by atoms with Crippen LogP contribution >= 0.6 is 0 Å². The van der Waals surface area contributed by atoms with Gasteiger partial charge in [0.15, 0.2) is 0 Å². The van der Waals surface area contributed by atoms with Crippen LogP contribution in [0.15, 0.2) is 0 Å². The number of nitrogens with two attached hydrogens (primary N) is 1. The molecule has 0 bridgehead atoms. The molecule has 0 aromatic heterocycles. The Morgan fingerprint density at radius 1 is 0.840 bits per heavy atom. The Bertz CT molecular complexity index is 508. The number of carboxylic acids is 1. The van der Waals surface area contributed by atoms with Crippen LogP contribution in [0.25, 0.3) is 0 Å². The van der Waals surface area contributed by atoms with Gasteiger partial charge in [0.25, 0.3) is 0 Å². The minimum absolute atomic E-state index is 0.0750. The molecule has 0 heterocycles. The topological polar surface area (TPSA) is 180 Å². The van der Waals surface area contributed by atoms with E-state index in [0.717, 1.165) is 0 Å². The fourth-order valence-electron chi connectivity index (χ4n) is 1.67. The molecule has 0 spiro atoms. The molecule has 25 heavy (non-hydrogen) atoms. The molecule has 4 amide bonds. The molecule has 11 nitrogen and oxygen atoms in total. The van der Waals surface area contributed by atoms with E-state index in [9.17, 15) is 24.0 Å². The first kappa shape index (κ1) is 22.3. The van der Waals surface area contributed by atoms with Crippen LogP contribution in [-0.4, -0.2) is 66.9 Å². The van der Waals surface area contributed by atoms with Crippen molar-refractivity contribution in [1.29, 1.82) is 0 Å². The van der Waals surface area contributed by atoms with Crippen molar-refractivity contribution in [3.8, 4) is 0 Å². The molecule has 7 N–H and O–H groups in total. The largest absolute Gasteiger partial charge is 0.480 e. The van der Waals surface area contributed by atoms with E-state index in [4.69, 9.17) is 10.8 Å². The predicted molar refractivity (Wildman–Crippen MR) is 87.1 cm³/mol. The normalized spacial score (nSPS) is 11.4. The molecule has 0 rings (SSSR count). The SMILES string of the molecule is CC(C)C[C@H](NC(=O)CNC(=O)CNC(=O)CNC(=O)CN)C(=O)O. The van der Waals surface area contributed by atoms with Crippen molar-refractivity contribution in [3.05, 3.63) is 0 Å². The van der Waals surface area contributed by atoms with Crippen LogP contribution in [0.5, 0.6) is 0 Å². The van der Waals surface area contributed by atoms with Crippen molar-refractivity contribution in [3.63, 3.8) is 0 Å². The van der Waals surface area contributed by atoms with E-state index in [1.807, 2.05) is 13.8 Å². The zero-order chi connectivity index (χ0) is 19.4. The van der Waals surface area contributed by atoms with Crippen molar-refractivity contribution in [2.45, 2.75) is 26.3 Å². The zero-order valence-corrected chi connectivity index (χ0v) is 14.3.